The van der Waals surface area contributed by atoms with Crippen LogP contribution in [0.3, 0.4) is 0 Å². The lowest BCUT2D eigenvalue weighted by atomic mass is 9.80. The summed E-state index contributed by atoms with van der Waals surface area (Å²) in [6.07, 6.45) is 3.74. The first-order chi connectivity index (χ1) is 5.02. The van der Waals surface area contributed by atoms with Crippen molar-refractivity contribution in [3.8, 4) is 0 Å². The van der Waals surface area contributed by atoms with E-state index in [9.17, 15) is 0 Å². The van der Waals surface area contributed by atoms with Gasteiger partial charge in [-0.05, 0) is 30.7 Å². The Bertz CT molecular complexity index is 97.0. The zero-order chi connectivity index (χ0) is 8.91. The van der Waals surface area contributed by atoms with E-state index in [0.717, 1.165) is 12.5 Å². The minimum atomic E-state index is 0.509. The van der Waals surface area contributed by atoms with Crippen LogP contribution in [0, 0.1) is 11.3 Å². The molecule has 11 heavy (non-hydrogen) atoms. The molecule has 0 rings (SSSR count). The smallest absolute Gasteiger partial charge is 0.00747 e. The summed E-state index contributed by atoms with van der Waals surface area (Å²) in [5.74, 6) is 0.787. The van der Waals surface area contributed by atoms with Gasteiger partial charge in [0.25, 0.3) is 0 Å². The Morgan fingerprint density at radius 2 is 1.91 bits per heavy atom. The number of hydrogen-bond acceptors (Lipinski definition) is 1. The average molecular weight is 157 g/mol. The fourth-order valence-corrected chi connectivity index (χ4v) is 1.47. The van der Waals surface area contributed by atoms with Crippen molar-refractivity contribution in [3.05, 3.63) is 0 Å². The maximum Gasteiger partial charge on any atom is -0.00747 e. The van der Waals surface area contributed by atoms with Gasteiger partial charge in [-0.3, -0.25) is 0 Å². The third kappa shape index (κ3) is 5.25. The summed E-state index contributed by atoms with van der Waals surface area (Å²) in [6.45, 7) is 10.1. The van der Waals surface area contributed by atoms with Crippen molar-refractivity contribution in [2.45, 2.75) is 47.0 Å². The summed E-state index contributed by atoms with van der Waals surface area (Å²) in [6, 6.07) is 0. The maximum atomic E-state index is 5.49. The summed E-state index contributed by atoms with van der Waals surface area (Å²) in [7, 11) is 0. The van der Waals surface area contributed by atoms with Crippen molar-refractivity contribution in [1.29, 1.82) is 0 Å². The van der Waals surface area contributed by atoms with Crippen LogP contribution in [0.25, 0.3) is 0 Å². The summed E-state index contributed by atoms with van der Waals surface area (Å²) in [4.78, 5) is 0. The Morgan fingerprint density at radius 3 is 2.27 bits per heavy atom. The normalized spacial score (nSPS) is 15.0. The van der Waals surface area contributed by atoms with E-state index in [4.69, 9.17) is 5.73 Å². The van der Waals surface area contributed by atoms with Crippen LogP contribution in [0.1, 0.15) is 47.0 Å². The topological polar surface area (TPSA) is 26.0 Å². The second kappa shape index (κ2) is 4.76. The number of hydrogen-bond donors (Lipinski definition) is 1. The van der Waals surface area contributed by atoms with Gasteiger partial charge in [0.2, 0.25) is 0 Å². The highest BCUT2D eigenvalue weighted by Crippen LogP contribution is 2.29. The molecule has 1 heteroatoms. The van der Waals surface area contributed by atoms with Crippen molar-refractivity contribution >= 4 is 0 Å². The molecule has 0 aliphatic rings. The molecule has 0 spiro atoms. The Hall–Kier alpha value is -0.0400. The highest BCUT2D eigenvalue weighted by molar-refractivity contribution is 4.69. The maximum absolute atomic E-state index is 5.49. The average Bonchev–Trinajstić information content (AvgIpc) is 1.87. The van der Waals surface area contributed by atoms with Crippen molar-refractivity contribution in [3.63, 3.8) is 0 Å². The van der Waals surface area contributed by atoms with Crippen LogP contribution in [-0.4, -0.2) is 6.54 Å². The van der Waals surface area contributed by atoms with E-state index in [1.165, 1.54) is 19.3 Å². The molecule has 0 heterocycles. The van der Waals surface area contributed by atoms with Crippen molar-refractivity contribution < 1.29 is 0 Å². The van der Waals surface area contributed by atoms with E-state index in [-0.39, 0.29) is 0 Å². The molecule has 0 aromatic rings. The Balaban J connectivity index is 3.64. The van der Waals surface area contributed by atoms with Crippen LogP contribution in [0.2, 0.25) is 0 Å². The first kappa shape index (κ1) is 11.0. The fraction of sp³-hybridized carbons (Fsp3) is 1.00. The van der Waals surface area contributed by atoms with E-state index in [2.05, 4.69) is 27.7 Å². The Morgan fingerprint density at radius 1 is 1.36 bits per heavy atom. The molecule has 0 saturated heterocycles. The van der Waals surface area contributed by atoms with Crippen molar-refractivity contribution in [1.82, 2.24) is 0 Å². The summed E-state index contributed by atoms with van der Waals surface area (Å²) in [5.41, 5.74) is 6.00. The molecule has 0 aliphatic heterocycles. The molecule has 0 aromatic heterocycles. The highest BCUT2D eigenvalue weighted by Gasteiger charge is 2.17. The van der Waals surface area contributed by atoms with Crippen LogP contribution in [-0.2, 0) is 0 Å². The first-order valence-corrected chi connectivity index (χ1v) is 4.72. The molecular weight excluding hydrogens is 134 g/mol. The summed E-state index contributed by atoms with van der Waals surface area (Å²) < 4.78 is 0. The van der Waals surface area contributed by atoms with E-state index in [1.807, 2.05) is 0 Å². The largest absolute Gasteiger partial charge is 0.330 e. The van der Waals surface area contributed by atoms with Crippen LogP contribution < -0.4 is 5.73 Å². The monoisotopic (exact) mass is 157 g/mol. The molecule has 1 nitrogen and oxygen atoms in total. The second-order valence-electron chi connectivity index (χ2n) is 4.40. The minimum Gasteiger partial charge on any atom is -0.330 e. The predicted molar refractivity (Wildman–Crippen MR) is 51.5 cm³/mol. The highest BCUT2D eigenvalue weighted by atomic mass is 14.5. The number of nitrogens with two attached hydrogens (primary N) is 1. The molecule has 1 atom stereocenters. The molecular formula is C10H23N. The standard InChI is InChI=1S/C10H23N/c1-5-10(3,4)8-9(2)6-7-11/h9H,5-8,11H2,1-4H3. The SMILES string of the molecule is CCC(C)(C)CC(C)CCN. The Labute approximate surface area is 71.4 Å². The molecule has 0 aliphatic carbocycles. The lowest BCUT2D eigenvalue weighted by Crippen LogP contribution is -2.16. The molecule has 0 amide bonds. The van der Waals surface area contributed by atoms with E-state index in [0.29, 0.717) is 5.41 Å². The molecule has 0 fully saturated rings. The quantitative estimate of drug-likeness (QED) is 0.652. The number of rotatable bonds is 5. The van der Waals surface area contributed by atoms with Gasteiger partial charge in [0.15, 0.2) is 0 Å². The lowest BCUT2D eigenvalue weighted by Gasteiger charge is -2.26. The first-order valence-electron chi connectivity index (χ1n) is 4.72. The van der Waals surface area contributed by atoms with Crippen LogP contribution >= 0.6 is 0 Å². The van der Waals surface area contributed by atoms with E-state index in [1.54, 1.807) is 0 Å². The zero-order valence-electron chi connectivity index (χ0n) is 8.48. The molecule has 0 saturated carbocycles. The molecule has 2 N–H and O–H groups in total. The van der Waals surface area contributed by atoms with Gasteiger partial charge in [-0.15, -0.1) is 0 Å². The molecule has 0 bridgehead atoms. The molecule has 0 radical (unpaired) electrons. The van der Waals surface area contributed by atoms with Gasteiger partial charge in [-0.2, -0.15) is 0 Å². The van der Waals surface area contributed by atoms with Gasteiger partial charge in [0.05, 0.1) is 0 Å². The van der Waals surface area contributed by atoms with Crippen LogP contribution in [0.5, 0.6) is 0 Å². The predicted octanol–water partition coefficient (Wildman–Crippen LogP) is 2.80. The van der Waals surface area contributed by atoms with Gasteiger partial charge in [0, 0.05) is 0 Å². The zero-order valence-corrected chi connectivity index (χ0v) is 8.48. The Kier molecular flexibility index (Phi) is 4.74. The molecule has 1 unspecified atom stereocenters. The summed E-state index contributed by atoms with van der Waals surface area (Å²) >= 11 is 0. The molecule has 68 valence electrons. The van der Waals surface area contributed by atoms with Gasteiger partial charge >= 0.3 is 0 Å². The molecule has 0 aromatic carbocycles. The fourth-order valence-electron chi connectivity index (χ4n) is 1.47. The van der Waals surface area contributed by atoms with E-state index < -0.39 is 0 Å². The summed E-state index contributed by atoms with van der Waals surface area (Å²) in [5, 5.41) is 0. The lowest BCUT2D eigenvalue weighted by molar-refractivity contribution is 0.261. The second-order valence-corrected chi connectivity index (χ2v) is 4.40. The minimum absolute atomic E-state index is 0.509. The third-order valence-electron chi connectivity index (χ3n) is 2.52. The van der Waals surface area contributed by atoms with Crippen LogP contribution in [0.4, 0.5) is 0 Å². The van der Waals surface area contributed by atoms with Gasteiger partial charge < -0.3 is 5.73 Å². The van der Waals surface area contributed by atoms with Gasteiger partial charge in [0.1, 0.15) is 0 Å². The van der Waals surface area contributed by atoms with Crippen LogP contribution in [0.15, 0.2) is 0 Å². The van der Waals surface area contributed by atoms with Crippen molar-refractivity contribution in [2.24, 2.45) is 17.1 Å². The van der Waals surface area contributed by atoms with Gasteiger partial charge in [-0.1, -0.05) is 34.1 Å². The third-order valence-corrected chi connectivity index (χ3v) is 2.52. The van der Waals surface area contributed by atoms with Crippen molar-refractivity contribution in [2.75, 3.05) is 6.54 Å². The van der Waals surface area contributed by atoms with Gasteiger partial charge in [-0.25, -0.2) is 0 Å². The van der Waals surface area contributed by atoms with E-state index >= 15 is 0 Å².